The zero-order chi connectivity index (χ0) is 15.8. The van der Waals surface area contributed by atoms with Crippen molar-refractivity contribution in [1.29, 1.82) is 0 Å². The summed E-state index contributed by atoms with van der Waals surface area (Å²) in [7, 11) is 1.89. The Morgan fingerprint density at radius 1 is 1.30 bits per heavy atom. The molecular formula is C16H15N5OS. The molecule has 0 aliphatic carbocycles. The van der Waals surface area contributed by atoms with Gasteiger partial charge in [0.15, 0.2) is 5.82 Å². The molecule has 7 heteroatoms. The lowest BCUT2D eigenvalue weighted by atomic mass is 10.1. The summed E-state index contributed by atoms with van der Waals surface area (Å²) < 4.78 is 3.81. The highest BCUT2D eigenvalue weighted by Gasteiger charge is 2.29. The van der Waals surface area contributed by atoms with E-state index in [4.69, 9.17) is 0 Å². The molecule has 4 rings (SSSR count). The zero-order valence-electron chi connectivity index (χ0n) is 12.5. The fraction of sp³-hybridized carbons (Fsp3) is 0.188. The van der Waals surface area contributed by atoms with Gasteiger partial charge in [0.05, 0.1) is 22.9 Å². The van der Waals surface area contributed by atoms with Crippen LogP contribution in [0, 0.1) is 0 Å². The number of amides is 1. The van der Waals surface area contributed by atoms with Crippen LogP contribution in [0.1, 0.15) is 16.5 Å². The van der Waals surface area contributed by atoms with E-state index in [2.05, 4.69) is 15.4 Å². The Morgan fingerprint density at radius 2 is 2.13 bits per heavy atom. The largest absolute Gasteiger partial charge is 0.308 e. The quantitative estimate of drug-likeness (QED) is 0.786. The Labute approximate surface area is 137 Å². The Morgan fingerprint density at radius 3 is 2.87 bits per heavy atom. The average molecular weight is 325 g/mol. The van der Waals surface area contributed by atoms with Crippen LogP contribution in [0.5, 0.6) is 0 Å². The second-order valence-corrected chi connectivity index (χ2v) is 6.46. The number of benzene rings is 1. The lowest BCUT2D eigenvalue weighted by molar-refractivity contribution is -0.113. The van der Waals surface area contributed by atoms with Gasteiger partial charge >= 0.3 is 0 Å². The van der Waals surface area contributed by atoms with E-state index in [0.29, 0.717) is 11.6 Å². The highest BCUT2D eigenvalue weighted by atomic mass is 32.2. The van der Waals surface area contributed by atoms with E-state index in [1.54, 1.807) is 22.8 Å². The summed E-state index contributed by atoms with van der Waals surface area (Å²) in [6.45, 7) is 0. The van der Waals surface area contributed by atoms with Gasteiger partial charge in [-0.15, -0.1) is 11.8 Å². The molecule has 1 atom stereocenters. The minimum absolute atomic E-state index is 0.000330. The molecule has 1 N–H and O–H groups in total. The fourth-order valence-electron chi connectivity index (χ4n) is 2.73. The van der Waals surface area contributed by atoms with Crippen LogP contribution in [-0.4, -0.2) is 31.0 Å². The van der Waals surface area contributed by atoms with Crippen LogP contribution < -0.4 is 5.32 Å². The predicted molar refractivity (Wildman–Crippen MR) is 89.7 cm³/mol. The van der Waals surface area contributed by atoms with Crippen LogP contribution in [0.2, 0.25) is 0 Å². The van der Waals surface area contributed by atoms with E-state index >= 15 is 0 Å². The highest BCUT2D eigenvalue weighted by Crippen LogP contribution is 2.41. The van der Waals surface area contributed by atoms with Crippen molar-refractivity contribution < 1.29 is 4.79 Å². The lowest BCUT2D eigenvalue weighted by Gasteiger charge is -2.16. The number of fused-ring (bicyclic) bond motifs is 1. The Hall–Kier alpha value is -2.54. The number of imidazole rings is 1. The molecule has 0 spiro atoms. The standard InChI is InChI=1S/C16H15N5OS/c1-20-8-11(7-18-20)15-14-16(19-13(22)9-23-15)17-10-21(14)12-5-3-2-4-6-12/h2-8,10,15H,9H2,1H3,(H,19,22)/t15-/m1/s1. The summed E-state index contributed by atoms with van der Waals surface area (Å²) in [4.78, 5) is 16.4. The third kappa shape index (κ3) is 2.53. The number of nitrogens with zero attached hydrogens (tertiary/aromatic N) is 4. The maximum absolute atomic E-state index is 12.0. The smallest absolute Gasteiger partial charge is 0.235 e. The monoisotopic (exact) mass is 325 g/mol. The first-order valence-corrected chi connectivity index (χ1v) is 8.30. The van der Waals surface area contributed by atoms with Crippen molar-refractivity contribution in [2.24, 2.45) is 7.05 Å². The Balaban J connectivity index is 1.88. The maximum Gasteiger partial charge on any atom is 0.235 e. The van der Waals surface area contributed by atoms with Gasteiger partial charge in [0.2, 0.25) is 5.91 Å². The summed E-state index contributed by atoms with van der Waals surface area (Å²) in [5.41, 5.74) is 3.06. The molecule has 1 aromatic carbocycles. The van der Waals surface area contributed by atoms with Gasteiger partial charge in [-0.25, -0.2) is 4.98 Å². The molecule has 0 radical (unpaired) electrons. The zero-order valence-corrected chi connectivity index (χ0v) is 13.3. The van der Waals surface area contributed by atoms with Crippen molar-refractivity contribution in [2.75, 3.05) is 11.1 Å². The number of hydrogen-bond donors (Lipinski definition) is 1. The minimum Gasteiger partial charge on any atom is -0.308 e. The van der Waals surface area contributed by atoms with Gasteiger partial charge in [-0.05, 0) is 12.1 Å². The molecule has 2 aromatic heterocycles. The van der Waals surface area contributed by atoms with Crippen LogP contribution in [0.3, 0.4) is 0 Å². The lowest BCUT2D eigenvalue weighted by Crippen LogP contribution is -2.12. The van der Waals surface area contributed by atoms with E-state index in [0.717, 1.165) is 16.9 Å². The molecule has 23 heavy (non-hydrogen) atoms. The third-order valence-electron chi connectivity index (χ3n) is 3.75. The van der Waals surface area contributed by atoms with Crippen molar-refractivity contribution in [3.63, 3.8) is 0 Å². The summed E-state index contributed by atoms with van der Waals surface area (Å²) in [5, 5.41) is 7.17. The van der Waals surface area contributed by atoms with Crippen LogP contribution in [0.15, 0.2) is 49.1 Å². The molecule has 0 saturated heterocycles. The molecule has 1 aliphatic rings. The molecule has 0 bridgehead atoms. The van der Waals surface area contributed by atoms with Crippen LogP contribution in [-0.2, 0) is 11.8 Å². The molecule has 3 aromatic rings. The topological polar surface area (TPSA) is 64.7 Å². The number of para-hydroxylation sites is 1. The van der Waals surface area contributed by atoms with E-state index in [1.807, 2.05) is 54.3 Å². The van der Waals surface area contributed by atoms with Crippen molar-refractivity contribution in [2.45, 2.75) is 5.25 Å². The van der Waals surface area contributed by atoms with E-state index in [9.17, 15) is 4.79 Å². The summed E-state index contributed by atoms with van der Waals surface area (Å²) in [5.74, 6) is 0.990. The van der Waals surface area contributed by atoms with Gasteiger partial charge in [-0.3, -0.25) is 14.0 Å². The first kappa shape index (κ1) is 14.1. The van der Waals surface area contributed by atoms with Crippen LogP contribution in [0.4, 0.5) is 5.82 Å². The number of nitrogens with one attached hydrogen (secondary N) is 1. The number of carbonyl (C=O) groups is 1. The van der Waals surface area contributed by atoms with Gasteiger partial charge in [0, 0.05) is 24.5 Å². The van der Waals surface area contributed by atoms with Crippen molar-refractivity contribution in [1.82, 2.24) is 19.3 Å². The Bertz CT molecular complexity index is 854. The number of aryl methyl sites for hydroxylation is 1. The van der Waals surface area contributed by atoms with Gasteiger partial charge in [-0.1, -0.05) is 18.2 Å². The van der Waals surface area contributed by atoms with Crippen LogP contribution >= 0.6 is 11.8 Å². The van der Waals surface area contributed by atoms with E-state index in [-0.39, 0.29) is 11.2 Å². The van der Waals surface area contributed by atoms with E-state index in [1.165, 1.54) is 0 Å². The first-order valence-electron chi connectivity index (χ1n) is 7.25. The highest BCUT2D eigenvalue weighted by molar-refractivity contribution is 8.00. The molecule has 1 amide bonds. The number of hydrogen-bond acceptors (Lipinski definition) is 4. The molecule has 6 nitrogen and oxygen atoms in total. The summed E-state index contributed by atoms with van der Waals surface area (Å²) in [6, 6.07) is 10.0. The van der Waals surface area contributed by atoms with Gasteiger partial charge in [0.25, 0.3) is 0 Å². The number of thioether (sulfide) groups is 1. The van der Waals surface area contributed by atoms with Crippen molar-refractivity contribution >= 4 is 23.5 Å². The predicted octanol–water partition coefficient (Wildman–Crippen LogP) is 2.38. The van der Waals surface area contributed by atoms with Gasteiger partial charge in [0.1, 0.15) is 6.33 Å². The van der Waals surface area contributed by atoms with E-state index < -0.39 is 0 Å². The SMILES string of the molecule is Cn1cc([C@H]2SCC(=O)Nc3ncn(-c4ccccc4)c32)cn1. The summed E-state index contributed by atoms with van der Waals surface area (Å²) >= 11 is 1.59. The maximum atomic E-state index is 12.0. The Kier molecular flexibility index (Phi) is 3.42. The third-order valence-corrected chi connectivity index (χ3v) is 5.01. The number of anilines is 1. The molecule has 0 fully saturated rings. The fourth-order valence-corrected chi connectivity index (χ4v) is 3.82. The number of rotatable bonds is 2. The molecular weight excluding hydrogens is 310 g/mol. The molecule has 3 heterocycles. The number of carbonyl (C=O) groups excluding carboxylic acids is 1. The second kappa shape index (κ2) is 5.58. The second-order valence-electron chi connectivity index (χ2n) is 5.37. The molecule has 0 saturated carbocycles. The minimum atomic E-state index is -0.0269. The molecule has 0 unspecified atom stereocenters. The molecule has 1 aliphatic heterocycles. The normalized spacial score (nSPS) is 17.4. The summed E-state index contributed by atoms with van der Waals surface area (Å²) in [6.07, 6.45) is 5.59. The van der Waals surface area contributed by atoms with Gasteiger partial charge in [-0.2, -0.15) is 5.10 Å². The number of aromatic nitrogens is 4. The van der Waals surface area contributed by atoms with Crippen molar-refractivity contribution in [3.05, 3.63) is 60.3 Å². The average Bonchev–Trinajstić information content (AvgIpc) is 3.12. The first-order chi connectivity index (χ1) is 11.2. The van der Waals surface area contributed by atoms with Crippen molar-refractivity contribution in [3.8, 4) is 5.69 Å². The molecule has 116 valence electrons. The van der Waals surface area contributed by atoms with Gasteiger partial charge < -0.3 is 5.32 Å². The van der Waals surface area contributed by atoms with Crippen LogP contribution in [0.25, 0.3) is 5.69 Å².